The van der Waals surface area contributed by atoms with Gasteiger partial charge in [0.15, 0.2) is 0 Å². The second kappa shape index (κ2) is 3.77. The molecule has 0 radical (unpaired) electrons. The van der Waals surface area contributed by atoms with Crippen molar-refractivity contribution in [1.82, 2.24) is 4.57 Å². The van der Waals surface area contributed by atoms with Gasteiger partial charge >= 0.3 is 0 Å². The molecule has 0 saturated carbocycles. The summed E-state index contributed by atoms with van der Waals surface area (Å²) < 4.78 is 1.72. The predicted octanol–water partition coefficient (Wildman–Crippen LogP) is 1.99. The summed E-state index contributed by atoms with van der Waals surface area (Å²) in [5.41, 5.74) is 6.35. The van der Waals surface area contributed by atoms with Crippen LogP contribution >= 0.6 is 0 Å². The Kier molecular flexibility index (Phi) is 2.46. The standard InChI is InChI=1S/C12H14N2O/c1-2-6-14-7-5-9-3-4-10(13)8-11(9)12(14)15/h3-5,7-8H,2,6,13H2,1H3. The van der Waals surface area contributed by atoms with Crippen molar-refractivity contribution in [2.24, 2.45) is 0 Å². The van der Waals surface area contributed by atoms with Gasteiger partial charge in [-0.15, -0.1) is 0 Å². The summed E-state index contributed by atoms with van der Waals surface area (Å²) >= 11 is 0. The van der Waals surface area contributed by atoms with Gasteiger partial charge in [-0.1, -0.05) is 13.0 Å². The van der Waals surface area contributed by atoms with E-state index in [1.165, 1.54) is 0 Å². The van der Waals surface area contributed by atoms with E-state index in [1.807, 2.05) is 24.4 Å². The van der Waals surface area contributed by atoms with Gasteiger partial charge in [0.05, 0.1) is 0 Å². The lowest BCUT2D eigenvalue weighted by molar-refractivity contribution is 0.659. The number of rotatable bonds is 2. The van der Waals surface area contributed by atoms with Crippen molar-refractivity contribution >= 4 is 16.5 Å². The number of aromatic nitrogens is 1. The molecular weight excluding hydrogens is 188 g/mol. The van der Waals surface area contributed by atoms with Gasteiger partial charge in [0.25, 0.3) is 5.56 Å². The van der Waals surface area contributed by atoms with Gasteiger partial charge in [-0.2, -0.15) is 0 Å². The average Bonchev–Trinajstić information content (AvgIpc) is 2.23. The number of benzene rings is 1. The minimum absolute atomic E-state index is 0.0432. The fraction of sp³-hybridized carbons (Fsp3) is 0.250. The van der Waals surface area contributed by atoms with E-state index in [4.69, 9.17) is 5.73 Å². The number of nitrogen functional groups attached to an aromatic ring is 1. The highest BCUT2D eigenvalue weighted by Gasteiger charge is 2.01. The van der Waals surface area contributed by atoms with Gasteiger partial charge in [0.2, 0.25) is 0 Å². The van der Waals surface area contributed by atoms with Gasteiger partial charge in [0.1, 0.15) is 0 Å². The smallest absolute Gasteiger partial charge is 0.258 e. The van der Waals surface area contributed by atoms with Crippen molar-refractivity contribution < 1.29 is 0 Å². The van der Waals surface area contributed by atoms with Crippen LogP contribution in [0.3, 0.4) is 0 Å². The second-order valence-corrected chi connectivity index (χ2v) is 3.66. The monoisotopic (exact) mass is 202 g/mol. The number of hydrogen-bond donors (Lipinski definition) is 1. The highest BCUT2D eigenvalue weighted by Crippen LogP contribution is 2.13. The molecule has 0 amide bonds. The molecule has 0 unspecified atom stereocenters. The molecule has 0 aliphatic heterocycles. The molecule has 0 spiro atoms. The number of nitrogens with zero attached hydrogens (tertiary/aromatic N) is 1. The lowest BCUT2D eigenvalue weighted by Crippen LogP contribution is -2.19. The number of fused-ring (bicyclic) bond motifs is 1. The molecule has 2 N–H and O–H groups in total. The molecule has 0 aliphatic carbocycles. The minimum Gasteiger partial charge on any atom is -0.399 e. The van der Waals surface area contributed by atoms with Gasteiger partial charge in [-0.3, -0.25) is 4.79 Å². The van der Waals surface area contributed by atoms with Crippen LogP contribution < -0.4 is 11.3 Å². The summed E-state index contributed by atoms with van der Waals surface area (Å²) in [5, 5.41) is 1.65. The van der Waals surface area contributed by atoms with Crippen molar-refractivity contribution in [3.63, 3.8) is 0 Å². The molecule has 78 valence electrons. The molecule has 0 atom stereocenters. The molecule has 2 aromatic rings. The van der Waals surface area contributed by atoms with Gasteiger partial charge in [-0.05, 0) is 30.0 Å². The Balaban J connectivity index is 2.71. The normalized spacial score (nSPS) is 10.7. The first-order valence-electron chi connectivity index (χ1n) is 5.11. The average molecular weight is 202 g/mol. The lowest BCUT2D eigenvalue weighted by atomic mass is 10.1. The molecule has 0 bridgehead atoms. The maximum atomic E-state index is 12.0. The van der Waals surface area contributed by atoms with Crippen LogP contribution in [0, 0.1) is 0 Å². The van der Waals surface area contributed by atoms with E-state index in [9.17, 15) is 4.79 Å². The second-order valence-electron chi connectivity index (χ2n) is 3.66. The Morgan fingerprint density at radius 1 is 1.33 bits per heavy atom. The Morgan fingerprint density at radius 3 is 2.87 bits per heavy atom. The molecule has 3 heteroatoms. The fourth-order valence-electron chi connectivity index (χ4n) is 1.71. The highest BCUT2D eigenvalue weighted by molar-refractivity contribution is 5.84. The van der Waals surface area contributed by atoms with E-state index in [-0.39, 0.29) is 5.56 Å². The molecule has 1 heterocycles. The topological polar surface area (TPSA) is 48.0 Å². The van der Waals surface area contributed by atoms with E-state index in [2.05, 4.69) is 6.92 Å². The number of aryl methyl sites for hydroxylation is 1. The third-order valence-electron chi connectivity index (χ3n) is 2.47. The zero-order valence-electron chi connectivity index (χ0n) is 8.73. The van der Waals surface area contributed by atoms with Crippen LogP contribution in [-0.2, 0) is 6.54 Å². The fourth-order valence-corrected chi connectivity index (χ4v) is 1.71. The van der Waals surface area contributed by atoms with Gasteiger partial charge in [-0.25, -0.2) is 0 Å². The van der Waals surface area contributed by atoms with E-state index in [1.54, 1.807) is 10.6 Å². The van der Waals surface area contributed by atoms with Crippen LogP contribution in [0.25, 0.3) is 10.8 Å². The maximum absolute atomic E-state index is 12.0. The third-order valence-corrected chi connectivity index (χ3v) is 2.47. The molecule has 0 aliphatic rings. The molecule has 1 aromatic heterocycles. The molecule has 1 aromatic carbocycles. The zero-order valence-corrected chi connectivity index (χ0v) is 8.73. The SMILES string of the molecule is CCCn1ccc2ccc(N)cc2c1=O. The first-order valence-corrected chi connectivity index (χ1v) is 5.11. The van der Waals surface area contributed by atoms with Crippen molar-refractivity contribution in [3.8, 4) is 0 Å². The summed E-state index contributed by atoms with van der Waals surface area (Å²) in [6.45, 7) is 2.81. The highest BCUT2D eigenvalue weighted by atomic mass is 16.1. The quantitative estimate of drug-likeness (QED) is 0.757. The molecule has 0 fully saturated rings. The van der Waals surface area contributed by atoms with Crippen LogP contribution in [-0.4, -0.2) is 4.57 Å². The Bertz CT molecular complexity index is 543. The minimum atomic E-state index is 0.0432. The number of nitrogens with two attached hydrogens (primary N) is 1. The van der Waals surface area contributed by atoms with Gasteiger partial charge in [0, 0.05) is 23.8 Å². The molecule has 3 nitrogen and oxygen atoms in total. The molecule has 15 heavy (non-hydrogen) atoms. The summed E-state index contributed by atoms with van der Waals surface area (Å²) in [6.07, 6.45) is 2.79. The molecular formula is C12H14N2O. The predicted molar refractivity (Wildman–Crippen MR) is 62.9 cm³/mol. The van der Waals surface area contributed by atoms with Crippen LogP contribution in [0.1, 0.15) is 13.3 Å². The van der Waals surface area contributed by atoms with Crippen molar-refractivity contribution in [1.29, 1.82) is 0 Å². The largest absolute Gasteiger partial charge is 0.399 e. The van der Waals surface area contributed by atoms with Crippen molar-refractivity contribution in [2.45, 2.75) is 19.9 Å². The number of anilines is 1. The Labute approximate surface area is 88.1 Å². The van der Waals surface area contributed by atoms with Crippen LogP contribution in [0.5, 0.6) is 0 Å². The Morgan fingerprint density at radius 2 is 2.13 bits per heavy atom. The first-order chi connectivity index (χ1) is 7.22. The molecule has 0 saturated heterocycles. The zero-order chi connectivity index (χ0) is 10.8. The van der Waals surface area contributed by atoms with E-state index in [0.717, 1.165) is 18.4 Å². The number of pyridine rings is 1. The van der Waals surface area contributed by atoms with Crippen LogP contribution in [0.4, 0.5) is 5.69 Å². The van der Waals surface area contributed by atoms with Crippen molar-refractivity contribution in [2.75, 3.05) is 5.73 Å². The van der Waals surface area contributed by atoms with E-state index in [0.29, 0.717) is 11.1 Å². The van der Waals surface area contributed by atoms with Crippen LogP contribution in [0.2, 0.25) is 0 Å². The maximum Gasteiger partial charge on any atom is 0.258 e. The number of hydrogen-bond acceptors (Lipinski definition) is 2. The van der Waals surface area contributed by atoms with Crippen molar-refractivity contribution in [3.05, 3.63) is 40.8 Å². The van der Waals surface area contributed by atoms with E-state index < -0.39 is 0 Å². The summed E-state index contributed by atoms with van der Waals surface area (Å²) in [6, 6.07) is 7.38. The van der Waals surface area contributed by atoms with E-state index >= 15 is 0 Å². The lowest BCUT2D eigenvalue weighted by Gasteiger charge is -2.05. The summed E-state index contributed by atoms with van der Waals surface area (Å²) in [5.74, 6) is 0. The molecule has 2 rings (SSSR count). The third kappa shape index (κ3) is 1.73. The Hall–Kier alpha value is -1.77. The van der Waals surface area contributed by atoms with Gasteiger partial charge < -0.3 is 10.3 Å². The first kappa shape index (κ1) is 9.77. The summed E-state index contributed by atoms with van der Waals surface area (Å²) in [4.78, 5) is 12.0. The summed E-state index contributed by atoms with van der Waals surface area (Å²) in [7, 11) is 0. The van der Waals surface area contributed by atoms with Crippen LogP contribution in [0.15, 0.2) is 35.3 Å².